The van der Waals surface area contributed by atoms with E-state index in [1.54, 1.807) is 36.4 Å². The molecule has 0 aliphatic heterocycles. The predicted molar refractivity (Wildman–Crippen MR) is 95.6 cm³/mol. The molecule has 2 aromatic carbocycles. The van der Waals surface area contributed by atoms with Crippen LogP contribution >= 0.6 is 0 Å². The number of hydrogen-bond donors (Lipinski definition) is 3. The number of benzene rings is 2. The number of nitrogens with one attached hydrogen (secondary N) is 1. The lowest BCUT2D eigenvalue weighted by Crippen LogP contribution is -2.38. The third kappa shape index (κ3) is 5.46. The Labute approximate surface area is 145 Å². The summed E-state index contributed by atoms with van der Waals surface area (Å²) in [5.74, 6) is 9.74. The first kappa shape index (κ1) is 17.7. The van der Waals surface area contributed by atoms with Gasteiger partial charge in [-0.15, -0.1) is 0 Å². The SMILES string of the molecule is C[C@H](NC(=O)c1ccc(C#CC#Cc2ccc(N)cc2)cc1)C(=O)O. The molecular formula is C20H16N2O3. The van der Waals surface area contributed by atoms with Gasteiger partial charge >= 0.3 is 5.97 Å². The molecule has 5 heteroatoms. The number of nitrogens with two attached hydrogens (primary N) is 1. The Morgan fingerprint density at radius 2 is 1.44 bits per heavy atom. The maximum atomic E-state index is 11.9. The molecule has 0 saturated carbocycles. The van der Waals surface area contributed by atoms with Gasteiger partial charge in [-0.25, -0.2) is 0 Å². The molecule has 0 spiro atoms. The molecule has 4 N–H and O–H groups in total. The number of hydrogen-bond acceptors (Lipinski definition) is 3. The molecule has 1 atom stereocenters. The van der Waals surface area contributed by atoms with Crippen LogP contribution in [0.3, 0.4) is 0 Å². The highest BCUT2D eigenvalue weighted by molar-refractivity contribution is 5.96. The second kappa shape index (κ2) is 8.24. The van der Waals surface area contributed by atoms with Crippen LogP contribution in [0.25, 0.3) is 0 Å². The largest absolute Gasteiger partial charge is 0.480 e. The van der Waals surface area contributed by atoms with Crippen molar-refractivity contribution >= 4 is 17.6 Å². The summed E-state index contributed by atoms with van der Waals surface area (Å²) in [6, 6.07) is 12.7. The first-order valence-corrected chi connectivity index (χ1v) is 7.47. The summed E-state index contributed by atoms with van der Waals surface area (Å²) in [6.45, 7) is 1.40. The van der Waals surface area contributed by atoms with Crippen LogP contribution < -0.4 is 11.1 Å². The topological polar surface area (TPSA) is 92.4 Å². The van der Waals surface area contributed by atoms with Crippen LogP contribution in [0.15, 0.2) is 48.5 Å². The molecule has 0 aliphatic carbocycles. The Morgan fingerprint density at radius 1 is 0.960 bits per heavy atom. The van der Waals surface area contributed by atoms with Crippen molar-refractivity contribution in [1.29, 1.82) is 0 Å². The third-order valence-corrected chi connectivity index (χ3v) is 3.25. The molecule has 5 nitrogen and oxygen atoms in total. The number of carboxylic acids is 1. The monoisotopic (exact) mass is 332 g/mol. The van der Waals surface area contributed by atoms with Gasteiger partial charge in [0.1, 0.15) is 6.04 Å². The van der Waals surface area contributed by atoms with Gasteiger partial charge in [-0.1, -0.05) is 11.8 Å². The van der Waals surface area contributed by atoms with Crippen LogP contribution in [0.2, 0.25) is 0 Å². The van der Waals surface area contributed by atoms with E-state index in [-0.39, 0.29) is 0 Å². The summed E-state index contributed by atoms with van der Waals surface area (Å²) >= 11 is 0. The van der Waals surface area contributed by atoms with E-state index in [0.29, 0.717) is 16.8 Å². The molecule has 1 amide bonds. The molecule has 2 rings (SSSR count). The second-order valence-electron chi connectivity index (χ2n) is 5.23. The van der Waals surface area contributed by atoms with Crippen molar-refractivity contribution in [2.24, 2.45) is 0 Å². The van der Waals surface area contributed by atoms with Crippen LogP contribution in [0.5, 0.6) is 0 Å². The average molecular weight is 332 g/mol. The Kier molecular flexibility index (Phi) is 5.81. The lowest BCUT2D eigenvalue weighted by molar-refractivity contribution is -0.138. The van der Waals surface area contributed by atoms with E-state index in [1.807, 2.05) is 12.1 Å². The molecule has 2 aromatic rings. The maximum Gasteiger partial charge on any atom is 0.325 e. The van der Waals surface area contributed by atoms with Gasteiger partial charge in [-0.3, -0.25) is 9.59 Å². The standard InChI is InChI=1S/C20H16N2O3/c1-14(20(24)25)22-19(23)17-10-6-15(7-11-17)4-2-3-5-16-8-12-18(21)13-9-16/h6-14H,21H2,1H3,(H,22,23)(H,24,25)/t14-/m0/s1. The van der Waals surface area contributed by atoms with E-state index in [1.165, 1.54) is 6.92 Å². The summed E-state index contributed by atoms with van der Waals surface area (Å²) in [6.07, 6.45) is 0. The van der Waals surface area contributed by atoms with E-state index in [9.17, 15) is 9.59 Å². The molecule has 0 radical (unpaired) electrons. The minimum absolute atomic E-state index is 0.367. The third-order valence-electron chi connectivity index (χ3n) is 3.25. The van der Waals surface area contributed by atoms with Gasteiger partial charge in [-0.2, -0.15) is 0 Å². The zero-order chi connectivity index (χ0) is 18.2. The van der Waals surface area contributed by atoms with Crippen molar-refractivity contribution in [2.75, 3.05) is 5.73 Å². The van der Waals surface area contributed by atoms with Gasteiger partial charge in [-0.05, 0) is 67.3 Å². The quantitative estimate of drug-likeness (QED) is 0.591. The zero-order valence-electron chi connectivity index (χ0n) is 13.5. The molecule has 0 heterocycles. The van der Waals surface area contributed by atoms with E-state index >= 15 is 0 Å². The molecule has 25 heavy (non-hydrogen) atoms. The van der Waals surface area contributed by atoms with Gasteiger partial charge in [0, 0.05) is 22.4 Å². The molecule has 124 valence electrons. The van der Waals surface area contributed by atoms with Crippen LogP contribution in [0.4, 0.5) is 5.69 Å². The number of aliphatic carboxylic acids is 1. The lowest BCUT2D eigenvalue weighted by atomic mass is 10.1. The highest BCUT2D eigenvalue weighted by Gasteiger charge is 2.14. The van der Waals surface area contributed by atoms with Crippen LogP contribution in [-0.2, 0) is 4.79 Å². The summed E-state index contributed by atoms with van der Waals surface area (Å²) < 4.78 is 0. The number of nitrogen functional groups attached to an aromatic ring is 1. The number of rotatable bonds is 3. The average Bonchev–Trinajstić information content (AvgIpc) is 2.60. The maximum absolute atomic E-state index is 11.9. The fraction of sp³-hybridized carbons (Fsp3) is 0.100. The number of carboxylic acid groups (broad SMARTS) is 1. The normalized spacial score (nSPS) is 10.4. The van der Waals surface area contributed by atoms with Gasteiger partial charge < -0.3 is 16.2 Å². The summed E-state index contributed by atoms with van der Waals surface area (Å²) in [7, 11) is 0. The van der Waals surface area contributed by atoms with E-state index in [2.05, 4.69) is 29.0 Å². The molecule has 0 fully saturated rings. The number of anilines is 1. The Balaban J connectivity index is 2.01. The second-order valence-corrected chi connectivity index (χ2v) is 5.23. The van der Waals surface area contributed by atoms with E-state index < -0.39 is 17.9 Å². The zero-order valence-corrected chi connectivity index (χ0v) is 13.5. The van der Waals surface area contributed by atoms with Crippen LogP contribution in [-0.4, -0.2) is 23.0 Å². The van der Waals surface area contributed by atoms with Gasteiger partial charge in [0.2, 0.25) is 0 Å². The smallest absolute Gasteiger partial charge is 0.325 e. The minimum Gasteiger partial charge on any atom is -0.480 e. The molecule has 0 aromatic heterocycles. The first-order valence-electron chi connectivity index (χ1n) is 7.47. The molecule has 0 saturated heterocycles. The molecule has 0 bridgehead atoms. The Bertz CT molecular complexity index is 892. The highest BCUT2D eigenvalue weighted by atomic mass is 16.4. The van der Waals surface area contributed by atoms with E-state index in [4.69, 9.17) is 10.8 Å². The summed E-state index contributed by atoms with van der Waals surface area (Å²) in [5.41, 5.74) is 8.17. The first-order chi connectivity index (χ1) is 12.0. The molecule has 0 unspecified atom stereocenters. The summed E-state index contributed by atoms with van der Waals surface area (Å²) in [4.78, 5) is 22.6. The van der Waals surface area contributed by atoms with Gasteiger partial charge in [0.05, 0.1) is 0 Å². The van der Waals surface area contributed by atoms with Crippen molar-refractivity contribution in [3.05, 3.63) is 65.2 Å². The van der Waals surface area contributed by atoms with E-state index in [0.717, 1.165) is 5.56 Å². The number of amides is 1. The lowest BCUT2D eigenvalue weighted by Gasteiger charge is -2.08. The van der Waals surface area contributed by atoms with Crippen molar-refractivity contribution in [3.8, 4) is 23.7 Å². The fourth-order valence-electron chi connectivity index (χ4n) is 1.82. The van der Waals surface area contributed by atoms with Crippen LogP contribution in [0.1, 0.15) is 28.4 Å². The van der Waals surface area contributed by atoms with Crippen molar-refractivity contribution in [3.63, 3.8) is 0 Å². The molecular weight excluding hydrogens is 316 g/mol. The Hall–Kier alpha value is -3.70. The fourth-order valence-corrected chi connectivity index (χ4v) is 1.82. The predicted octanol–water partition coefficient (Wildman–Crippen LogP) is 1.87. The van der Waals surface area contributed by atoms with Crippen LogP contribution in [0, 0.1) is 23.7 Å². The highest BCUT2D eigenvalue weighted by Crippen LogP contribution is 2.04. The van der Waals surface area contributed by atoms with Gasteiger partial charge in [0.25, 0.3) is 5.91 Å². The van der Waals surface area contributed by atoms with Gasteiger partial charge in [0.15, 0.2) is 0 Å². The number of carbonyl (C=O) groups excluding carboxylic acids is 1. The van der Waals surface area contributed by atoms with Crippen molar-refractivity contribution < 1.29 is 14.7 Å². The van der Waals surface area contributed by atoms with Crippen molar-refractivity contribution in [2.45, 2.75) is 13.0 Å². The number of carbonyl (C=O) groups is 2. The molecule has 0 aliphatic rings. The van der Waals surface area contributed by atoms with Crippen molar-refractivity contribution in [1.82, 2.24) is 5.32 Å². The minimum atomic E-state index is -1.09. The summed E-state index contributed by atoms with van der Waals surface area (Å²) in [5, 5.41) is 11.2. The Morgan fingerprint density at radius 3 is 1.92 bits per heavy atom.